The van der Waals surface area contributed by atoms with Crippen LogP contribution < -0.4 is 15.7 Å². The molecule has 6 heteroatoms. The number of ether oxygens (including phenoxy) is 1. The summed E-state index contributed by atoms with van der Waals surface area (Å²) in [6, 6.07) is 17.4. The average Bonchev–Trinajstić information content (AvgIpc) is 2.98. The number of amides is 1. The summed E-state index contributed by atoms with van der Waals surface area (Å²) in [6.07, 6.45) is 1.90. The van der Waals surface area contributed by atoms with Crippen LogP contribution in [0.15, 0.2) is 59.4 Å². The summed E-state index contributed by atoms with van der Waals surface area (Å²) < 4.78 is 9.09. The van der Waals surface area contributed by atoms with Gasteiger partial charge in [-0.25, -0.2) is 4.79 Å². The largest absolute Gasteiger partial charge is 0.494 e. The number of nitrogens with zero attached hydrogens (tertiary/aromatic N) is 2. The maximum absolute atomic E-state index is 12.7. The molecule has 3 rings (SSSR count). The van der Waals surface area contributed by atoms with E-state index in [9.17, 15) is 9.59 Å². The topological polar surface area (TPSA) is 65.3 Å². The van der Waals surface area contributed by atoms with E-state index in [1.807, 2.05) is 61.5 Å². The number of carbonyl (C=O) groups excluding carboxylic acids is 1. The Morgan fingerprint density at radius 1 is 0.964 bits per heavy atom. The minimum Gasteiger partial charge on any atom is -0.494 e. The highest BCUT2D eigenvalue weighted by atomic mass is 16.5. The van der Waals surface area contributed by atoms with Gasteiger partial charge < -0.3 is 10.1 Å². The zero-order valence-electron chi connectivity index (χ0n) is 16.3. The molecule has 0 radical (unpaired) electrons. The van der Waals surface area contributed by atoms with Gasteiger partial charge in [-0.3, -0.25) is 13.9 Å². The molecule has 1 heterocycles. The first-order valence-electron chi connectivity index (χ1n) is 9.83. The van der Waals surface area contributed by atoms with Crippen molar-refractivity contribution in [3.05, 3.63) is 65.1 Å². The van der Waals surface area contributed by atoms with Crippen molar-refractivity contribution in [2.24, 2.45) is 0 Å². The van der Waals surface area contributed by atoms with Gasteiger partial charge in [-0.2, -0.15) is 0 Å². The first kappa shape index (κ1) is 19.7. The third-order valence-corrected chi connectivity index (χ3v) is 4.59. The van der Waals surface area contributed by atoms with Crippen LogP contribution in [0.25, 0.3) is 11.0 Å². The number of hydrogen-bond acceptors (Lipinski definition) is 3. The van der Waals surface area contributed by atoms with Crippen molar-refractivity contribution in [3.63, 3.8) is 0 Å². The highest BCUT2D eigenvalue weighted by molar-refractivity contribution is 5.78. The van der Waals surface area contributed by atoms with Crippen LogP contribution in [0, 0.1) is 0 Å². The first-order valence-corrected chi connectivity index (χ1v) is 9.83. The molecule has 0 saturated heterocycles. The Morgan fingerprint density at radius 3 is 2.29 bits per heavy atom. The van der Waals surface area contributed by atoms with E-state index in [1.54, 1.807) is 9.13 Å². The molecule has 148 valence electrons. The van der Waals surface area contributed by atoms with Crippen LogP contribution in [-0.4, -0.2) is 28.2 Å². The quantitative estimate of drug-likeness (QED) is 0.549. The van der Waals surface area contributed by atoms with E-state index >= 15 is 0 Å². The van der Waals surface area contributed by atoms with Crippen molar-refractivity contribution in [1.82, 2.24) is 14.5 Å². The summed E-state index contributed by atoms with van der Waals surface area (Å²) in [7, 11) is 0. The molecule has 0 bridgehead atoms. The van der Waals surface area contributed by atoms with Crippen LogP contribution in [0.2, 0.25) is 0 Å². The summed E-state index contributed by atoms with van der Waals surface area (Å²) in [4.78, 5) is 24.9. The molecule has 28 heavy (non-hydrogen) atoms. The molecule has 0 atom stereocenters. The van der Waals surface area contributed by atoms with Gasteiger partial charge in [-0.05, 0) is 37.1 Å². The summed E-state index contributed by atoms with van der Waals surface area (Å²) in [5, 5.41) is 2.90. The first-order chi connectivity index (χ1) is 13.7. The lowest BCUT2D eigenvalue weighted by Gasteiger charge is -2.08. The number of nitrogens with one attached hydrogen (secondary N) is 1. The van der Waals surface area contributed by atoms with Crippen LogP contribution in [0.3, 0.4) is 0 Å². The van der Waals surface area contributed by atoms with Gasteiger partial charge in [0.05, 0.1) is 17.6 Å². The van der Waals surface area contributed by atoms with Gasteiger partial charge in [0.2, 0.25) is 5.91 Å². The molecule has 0 fully saturated rings. The molecular weight excluding hydrogens is 354 g/mol. The monoisotopic (exact) mass is 381 g/mol. The predicted molar refractivity (Wildman–Crippen MR) is 111 cm³/mol. The SMILES string of the molecule is CCCn1c(=O)n(CCC(=O)NCCCOc2ccccc2)c2ccccc21. The molecule has 0 spiro atoms. The number of aryl methyl sites for hydroxylation is 2. The second-order valence-corrected chi connectivity index (χ2v) is 6.69. The third-order valence-electron chi connectivity index (χ3n) is 4.59. The lowest BCUT2D eigenvalue weighted by atomic mass is 10.3. The highest BCUT2D eigenvalue weighted by Crippen LogP contribution is 2.13. The highest BCUT2D eigenvalue weighted by Gasteiger charge is 2.13. The maximum atomic E-state index is 12.7. The Bertz CT molecular complexity index is 960. The molecule has 1 aromatic heterocycles. The van der Waals surface area contributed by atoms with E-state index < -0.39 is 0 Å². The van der Waals surface area contributed by atoms with Crippen molar-refractivity contribution < 1.29 is 9.53 Å². The van der Waals surface area contributed by atoms with E-state index in [2.05, 4.69) is 5.32 Å². The van der Waals surface area contributed by atoms with Crippen molar-refractivity contribution in [2.45, 2.75) is 39.3 Å². The molecule has 0 saturated carbocycles. The molecule has 0 unspecified atom stereocenters. The maximum Gasteiger partial charge on any atom is 0.329 e. The van der Waals surface area contributed by atoms with Crippen LogP contribution in [0.1, 0.15) is 26.2 Å². The molecule has 3 aromatic rings. The zero-order chi connectivity index (χ0) is 19.8. The minimum absolute atomic E-state index is 0.0490. The summed E-state index contributed by atoms with van der Waals surface area (Å²) >= 11 is 0. The van der Waals surface area contributed by atoms with Gasteiger partial charge in [0, 0.05) is 26.1 Å². The number of para-hydroxylation sites is 3. The Balaban J connectivity index is 1.48. The van der Waals surface area contributed by atoms with Crippen LogP contribution >= 0.6 is 0 Å². The zero-order valence-corrected chi connectivity index (χ0v) is 16.3. The molecule has 1 N–H and O–H groups in total. The summed E-state index contributed by atoms with van der Waals surface area (Å²) in [5.41, 5.74) is 1.75. The number of hydrogen-bond donors (Lipinski definition) is 1. The number of aromatic nitrogens is 2. The van der Waals surface area contributed by atoms with Gasteiger partial charge in [-0.15, -0.1) is 0 Å². The molecule has 6 nitrogen and oxygen atoms in total. The summed E-state index contributed by atoms with van der Waals surface area (Å²) in [5.74, 6) is 0.774. The van der Waals surface area contributed by atoms with Gasteiger partial charge in [0.1, 0.15) is 5.75 Å². The van der Waals surface area contributed by atoms with E-state index in [0.29, 0.717) is 26.2 Å². The van der Waals surface area contributed by atoms with E-state index in [0.717, 1.165) is 29.6 Å². The summed E-state index contributed by atoms with van der Waals surface area (Å²) in [6.45, 7) is 4.21. The fourth-order valence-corrected chi connectivity index (χ4v) is 3.24. The number of carbonyl (C=O) groups is 1. The molecule has 0 aliphatic carbocycles. The average molecular weight is 381 g/mol. The fourth-order valence-electron chi connectivity index (χ4n) is 3.24. The Kier molecular flexibility index (Phi) is 6.89. The second kappa shape index (κ2) is 9.78. The number of imidazole rings is 1. The van der Waals surface area contributed by atoms with E-state index in [-0.39, 0.29) is 18.0 Å². The third kappa shape index (κ3) is 4.82. The Morgan fingerprint density at radius 2 is 1.61 bits per heavy atom. The number of fused-ring (bicyclic) bond motifs is 1. The Labute approximate surface area is 164 Å². The van der Waals surface area contributed by atoms with Crippen LogP contribution in [0.5, 0.6) is 5.75 Å². The number of benzene rings is 2. The van der Waals surface area contributed by atoms with Gasteiger partial charge >= 0.3 is 5.69 Å². The molecule has 1 amide bonds. The Hall–Kier alpha value is -3.02. The molecule has 0 aliphatic rings. The van der Waals surface area contributed by atoms with Gasteiger partial charge in [0.15, 0.2) is 0 Å². The smallest absolute Gasteiger partial charge is 0.329 e. The molecular formula is C22H27N3O3. The lowest BCUT2D eigenvalue weighted by molar-refractivity contribution is -0.121. The fraction of sp³-hybridized carbons (Fsp3) is 0.364. The molecule has 2 aromatic carbocycles. The van der Waals surface area contributed by atoms with Crippen molar-refractivity contribution in [2.75, 3.05) is 13.2 Å². The normalized spacial score (nSPS) is 10.9. The number of rotatable bonds is 10. The van der Waals surface area contributed by atoms with Crippen molar-refractivity contribution in [1.29, 1.82) is 0 Å². The van der Waals surface area contributed by atoms with Crippen molar-refractivity contribution in [3.8, 4) is 5.75 Å². The van der Waals surface area contributed by atoms with Crippen LogP contribution in [-0.2, 0) is 17.9 Å². The van der Waals surface area contributed by atoms with Crippen molar-refractivity contribution >= 4 is 16.9 Å². The molecule has 0 aliphatic heterocycles. The minimum atomic E-state index is -0.0565. The standard InChI is InChI=1S/C22H27N3O3/c1-2-15-24-19-11-6-7-12-20(19)25(22(24)27)16-13-21(26)23-14-8-17-28-18-9-4-3-5-10-18/h3-7,9-12H,2,8,13-17H2,1H3,(H,23,26). The second-order valence-electron chi connectivity index (χ2n) is 6.69. The predicted octanol–water partition coefficient (Wildman–Crippen LogP) is 3.19. The van der Waals surface area contributed by atoms with Crippen LogP contribution in [0.4, 0.5) is 0 Å². The van der Waals surface area contributed by atoms with Gasteiger partial charge in [0.25, 0.3) is 0 Å². The lowest BCUT2D eigenvalue weighted by Crippen LogP contribution is -2.29. The van der Waals surface area contributed by atoms with E-state index in [4.69, 9.17) is 4.74 Å². The van der Waals surface area contributed by atoms with Gasteiger partial charge in [-0.1, -0.05) is 37.3 Å². The van der Waals surface area contributed by atoms with E-state index in [1.165, 1.54) is 0 Å².